The van der Waals surface area contributed by atoms with Crippen LogP contribution in [0.15, 0.2) is 52.3 Å². The fourth-order valence-corrected chi connectivity index (χ4v) is 5.44. The summed E-state index contributed by atoms with van der Waals surface area (Å²) >= 11 is 0. The molecule has 150 valence electrons. The first-order valence-corrected chi connectivity index (χ1v) is 12.2. The van der Waals surface area contributed by atoms with Crippen LogP contribution in [0.2, 0.25) is 0 Å². The summed E-state index contributed by atoms with van der Waals surface area (Å²) in [6.07, 6.45) is 2.21. The van der Waals surface area contributed by atoms with Crippen molar-refractivity contribution in [2.45, 2.75) is 30.1 Å². The molecular weight excluding hydrogens is 396 g/mol. The largest absolute Gasteiger partial charge is 0.308 e. The van der Waals surface area contributed by atoms with Crippen LogP contribution in [0, 0.1) is 0 Å². The van der Waals surface area contributed by atoms with Crippen LogP contribution >= 0.6 is 0 Å². The van der Waals surface area contributed by atoms with Gasteiger partial charge in [-0.3, -0.25) is 9.00 Å². The zero-order valence-corrected chi connectivity index (χ0v) is 17.8. The lowest BCUT2D eigenvalue weighted by atomic mass is 10.1. The second-order valence-electron chi connectivity index (χ2n) is 6.57. The molecule has 0 aromatic heterocycles. The summed E-state index contributed by atoms with van der Waals surface area (Å²) in [5.41, 5.74) is 2.11. The fraction of sp³-hybridized carbons (Fsp3) is 0.350. The van der Waals surface area contributed by atoms with E-state index < -0.39 is 20.8 Å². The standard InChI is InChI=1S/C20H24N2O4S2/c1-4-21(5-2)28(25,26)18-10-11-19-16(14-18)12-13-22(19)20(23)15-6-8-17(9-7-15)27(3)24/h6-11,14H,4-5,12-13H2,1-3H3. The average molecular weight is 421 g/mol. The van der Waals surface area contributed by atoms with E-state index >= 15 is 0 Å². The van der Waals surface area contributed by atoms with Gasteiger partial charge in [0.15, 0.2) is 0 Å². The number of nitrogens with zero attached hydrogens (tertiary/aromatic N) is 2. The minimum Gasteiger partial charge on any atom is -0.308 e. The molecule has 0 saturated carbocycles. The Hall–Kier alpha value is -2.03. The van der Waals surface area contributed by atoms with Crippen molar-refractivity contribution in [3.8, 4) is 0 Å². The highest BCUT2D eigenvalue weighted by Gasteiger charge is 2.29. The van der Waals surface area contributed by atoms with E-state index in [1.165, 1.54) is 4.31 Å². The van der Waals surface area contributed by atoms with Gasteiger partial charge >= 0.3 is 0 Å². The van der Waals surface area contributed by atoms with Crippen molar-refractivity contribution in [3.63, 3.8) is 0 Å². The van der Waals surface area contributed by atoms with Gasteiger partial charge in [0, 0.05) is 52.8 Å². The molecule has 3 rings (SSSR count). The molecule has 0 bridgehead atoms. The van der Waals surface area contributed by atoms with E-state index in [9.17, 15) is 17.4 Å². The smallest absolute Gasteiger partial charge is 0.258 e. The van der Waals surface area contributed by atoms with E-state index in [0.717, 1.165) is 11.3 Å². The first-order valence-electron chi connectivity index (χ1n) is 9.18. The Morgan fingerprint density at radius 1 is 1.11 bits per heavy atom. The van der Waals surface area contributed by atoms with Crippen LogP contribution < -0.4 is 4.90 Å². The third kappa shape index (κ3) is 3.76. The summed E-state index contributed by atoms with van der Waals surface area (Å²) < 4.78 is 38.4. The average Bonchev–Trinajstić information content (AvgIpc) is 3.11. The molecule has 1 unspecified atom stereocenters. The molecule has 1 heterocycles. The Bertz CT molecular complexity index is 1010. The van der Waals surface area contributed by atoms with Crippen molar-refractivity contribution in [2.24, 2.45) is 0 Å². The number of rotatable bonds is 6. The third-order valence-electron chi connectivity index (χ3n) is 4.97. The summed E-state index contributed by atoms with van der Waals surface area (Å²) in [6, 6.07) is 11.7. The zero-order chi connectivity index (χ0) is 20.5. The monoisotopic (exact) mass is 420 g/mol. The van der Waals surface area contributed by atoms with Crippen LogP contribution in [0.1, 0.15) is 29.8 Å². The molecule has 0 aliphatic carbocycles. The van der Waals surface area contributed by atoms with Gasteiger partial charge in [-0.2, -0.15) is 4.31 Å². The lowest BCUT2D eigenvalue weighted by molar-refractivity contribution is 0.0989. The molecule has 2 aromatic rings. The summed E-state index contributed by atoms with van der Waals surface area (Å²) in [7, 11) is -4.62. The third-order valence-corrected chi connectivity index (χ3v) is 7.95. The van der Waals surface area contributed by atoms with Gasteiger partial charge in [0.25, 0.3) is 5.91 Å². The lowest BCUT2D eigenvalue weighted by Crippen LogP contribution is -2.30. The molecule has 1 atom stereocenters. The Balaban J connectivity index is 1.88. The molecule has 1 aliphatic rings. The molecular formula is C20H24N2O4S2. The molecule has 2 aromatic carbocycles. The first kappa shape index (κ1) is 20.7. The van der Waals surface area contributed by atoms with E-state index in [-0.39, 0.29) is 10.8 Å². The Kier molecular flexibility index (Phi) is 6.02. The number of anilines is 1. The molecule has 1 aliphatic heterocycles. The molecule has 28 heavy (non-hydrogen) atoms. The van der Waals surface area contributed by atoms with Crippen LogP contribution in [0.4, 0.5) is 5.69 Å². The van der Waals surface area contributed by atoms with Gasteiger partial charge in [-0.05, 0) is 54.4 Å². The van der Waals surface area contributed by atoms with Crippen LogP contribution in [0.25, 0.3) is 0 Å². The SMILES string of the molecule is CCN(CC)S(=O)(=O)c1ccc2c(c1)CCN2C(=O)c1ccc(S(C)=O)cc1. The Labute approximate surface area is 168 Å². The lowest BCUT2D eigenvalue weighted by Gasteiger charge is -2.20. The van der Waals surface area contributed by atoms with E-state index in [4.69, 9.17) is 0 Å². The predicted octanol–water partition coefficient (Wildman–Crippen LogP) is 2.66. The van der Waals surface area contributed by atoms with Crippen LogP contribution in [0.3, 0.4) is 0 Å². The number of hydrogen-bond acceptors (Lipinski definition) is 4. The van der Waals surface area contributed by atoms with E-state index in [2.05, 4.69) is 0 Å². The van der Waals surface area contributed by atoms with Gasteiger partial charge in [0.05, 0.1) is 4.90 Å². The van der Waals surface area contributed by atoms with Crippen molar-refractivity contribution >= 4 is 32.4 Å². The highest BCUT2D eigenvalue weighted by atomic mass is 32.2. The topological polar surface area (TPSA) is 74.8 Å². The van der Waals surface area contributed by atoms with Crippen molar-refractivity contribution in [1.29, 1.82) is 0 Å². The predicted molar refractivity (Wildman–Crippen MR) is 111 cm³/mol. The van der Waals surface area contributed by atoms with Gasteiger partial charge < -0.3 is 4.90 Å². The number of carbonyl (C=O) groups is 1. The van der Waals surface area contributed by atoms with Gasteiger partial charge in [-0.25, -0.2) is 8.42 Å². The van der Waals surface area contributed by atoms with Crippen LogP contribution in [0.5, 0.6) is 0 Å². The Morgan fingerprint density at radius 2 is 1.75 bits per heavy atom. The molecule has 0 radical (unpaired) electrons. The van der Waals surface area contributed by atoms with Gasteiger partial charge in [-0.1, -0.05) is 13.8 Å². The Morgan fingerprint density at radius 3 is 2.32 bits per heavy atom. The number of amides is 1. The highest BCUT2D eigenvalue weighted by molar-refractivity contribution is 7.89. The maximum atomic E-state index is 12.9. The molecule has 0 saturated heterocycles. The van der Waals surface area contributed by atoms with Crippen LogP contribution in [-0.2, 0) is 27.2 Å². The van der Waals surface area contributed by atoms with Gasteiger partial charge in [-0.15, -0.1) is 0 Å². The van der Waals surface area contributed by atoms with E-state index in [0.29, 0.717) is 36.5 Å². The maximum absolute atomic E-state index is 12.9. The zero-order valence-electron chi connectivity index (χ0n) is 16.2. The summed E-state index contributed by atoms with van der Waals surface area (Å²) in [6.45, 7) is 4.96. The molecule has 0 N–H and O–H groups in total. The van der Waals surface area contributed by atoms with Crippen LogP contribution in [-0.4, -0.2) is 48.7 Å². The van der Waals surface area contributed by atoms with Gasteiger partial charge in [0.1, 0.15) is 0 Å². The summed E-state index contributed by atoms with van der Waals surface area (Å²) in [5, 5.41) is 0. The molecule has 6 nitrogen and oxygen atoms in total. The quantitative estimate of drug-likeness (QED) is 0.720. The van der Waals surface area contributed by atoms with Crippen molar-refractivity contribution < 1.29 is 17.4 Å². The number of fused-ring (bicyclic) bond motifs is 1. The summed E-state index contributed by atoms with van der Waals surface area (Å²) in [5.74, 6) is -0.147. The normalized spacial score (nSPS) is 14.9. The highest BCUT2D eigenvalue weighted by Crippen LogP contribution is 2.32. The fourth-order valence-electron chi connectivity index (χ4n) is 3.41. The molecule has 0 spiro atoms. The minimum absolute atomic E-state index is 0.147. The molecule has 8 heteroatoms. The second-order valence-corrected chi connectivity index (χ2v) is 9.88. The number of carbonyl (C=O) groups excluding carboxylic acids is 1. The van der Waals surface area contributed by atoms with E-state index in [1.54, 1.807) is 53.6 Å². The number of benzene rings is 2. The van der Waals surface area contributed by atoms with E-state index in [1.807, 2.05) is 13.8 Å². The van der Waals surface area contributed by atoms with Crippen molar-refractivity contribution in [1.82, 2.24) is 4.31 Å². The van der Waals surface area contributed by atoms with Crippen molar-refractivity contribution in [2.75, 3.05) is 30.8 Å². The molecule has 1 amide bonds. The first-order chi connectivity index (χ1) is 13.3. The van der Waals surface area contributed by atoms with Gasteiger partial charge in [0.2, 0.25) is 10.0 Å². The number of hydrogen-bond donors (Lipinski definition) is 0. The second kappa shape index (κ2) is 8.14. The number of sulfonamides is 1. The minimum atomic E-state index is -3.52. The molecule has 0 fully saturated rings. The summed E-state index contributed by atoms with van der Waals surface area (Å²) in [4.78, 5) is 15.5. The van der Waals surface area contributed by atoms with Crippen molar-refractivity contribution in [3.05, 3.63) is 53.6 Å². The maximum Gasteiger partial charge on any atom is 0.258 e.